The quantitative estimate of drug-likeness (QED) is 0.799. The smallest absolute Gasteiger partial charge is 0.147 e. The molecule has 0 bridgehead atoms. The van der Waals surface area contributed by atoms with E-state index in [9.17, 15) is 0 Å². The van der Waals surface area contributed by atoms with E-state index < -0.39 is 0 Å². The van der Waals surface area contributed by atoms with Gasteiger partial charge >= 0.3 is 0 Å². The normalized spacial score (nSPS) is 12.7. The zero-order valence-electron chi connectivity index (χ0n) is 12.7. The SMILES string of the molecule is CNC(Cn1nc(C)nc1C)c1cccc2ccccc12. The topological polar surface area (TPSA) is 42.7 Å². The maximum Gasteiger partial charge on any atom is 0.147 e. The summed E-state index contributed by atoms with van der Waals surface area (Å²) in [5.41, 5.74) is 1.29. The number of rotatable bonds is 4. The fourth-order valence-corrected chi connectivity index (χ4v) is 2.81. The Morgan fingerprint density at radius 3 is 2.57 bits per heavy atom. The highest BCUT2D eigenvalue weighted by Gasteiger charge is 2.15. The van der Waals surface area contributed by atoms with Gasteiger partial charge in [-0.2, -0.15) is 5.10 Å². The lowest BCUT2D eigenvalue weighted by atomic mass is 9.99. The summed E-state index contributed by atoms with van der Waals surface area (Å²) in [6, 6.07) is 15.1. The van der Waals surface area contributed by atoms with Gasteiger partial charge in [0.1, 0.15) is 11.6 Å². The molecule has 0 radical (unpaired) electrons. The fourth-order valence-electron chi connectivity index (χ4n) is 2.81. The Morgan fingerprint density at radius 2 is 1.86 bits per heavy atom. The number of hydrogen-bond acceptors (Lipinski definition) is 3. The first-order chi connectivity index (χ1) is 10.2. The Balaban J connectivity index is 2.00. The van der Waals surface area contributed by atoms with Crippen molar-refractivity contribution in [2.24, 2.45) is 0 Å². The number of nitrogens with zero attached hydrogens (tertiary/aromatic N) is 3. The molecule has 1 N–H and O–H groups in total. The molecule has 1 atom stereocenters. The number of benzene rings is 2. The zero-order chi connectivity index (χ0) is 14.8. The van der Waals surface area contributed by atoms with Crippen LogP contribution in [0.4, 0.5) is 0 Å². The van der Waals surface area contributed by atoms with Gasteiger partial charge in [0.05, 0.1) is 12.6 Å². The van der Waals surface area contributed by atoms with Crippen molar-refractivity contribution in [3.05, 3.63) is 59.7 Å². The summed E-state index contributed by atoms with van der Waals surface area (Å²) in [7, 11) is 1.99. The predicted octanol–water partition coefficient (Wildman–Crippen LogP) is 3.01. The van der Waals surface area contributed by atoms with Crippen LogP contribution < -0.4 is 5.32 Å². The molecule has 0 saturated carbocycles. The third kappa shape index (κ3) is 2.67. The summed E-state index contributed by atoms with van der Waals surface area (Å²) in [6.45, 7) is 4.70. The van der Waals surface area contributed by atoms with Crippen molar-refractivity contribution in [2.75, 3.05) is 7.05 Å². The van der Waals surface area contributed by atoms with E-state index in [2.05, 4.69) is 57.9 Å². The van der Waals surface area contributed by atoms with Gasteiger partial charge in [-0.05, 0) is 37.2 Å². The predicted molar refractivity (Wildman–Crippen MR) is 85.2 cm³/mol. The summed E-state index contributed by atoms with van der Waals surface area (Å²) in [5.74, 6) is 1.77. The second-order valence-electron chi connectivity index (χ2n) is 5.30. The highest BCUT2D eigenvalue weighted by atomic mass is 15.3. The van der Waals surface area contributed by atoms with Crippen LogP contribution in [0.25, 0.3) is 10.8 Å². The fraction of sp³-hybridized carbons (Fsp3) is 0.294. The molecule has 108 valence electrons. The van der Waals surface area contributed by atoms with Crippen LogP contribution in [0.15, 0.2) is 42.5 Å². The standard InChI is InChI=1S/C17H20N4/c1-12-19-13(2)21(20-12)11-17(18-3)16-10-6-8-14-7-4-5-9-15(14)16/h4-10,17-18H,11H2,1-3H3. The molecule has 0 saturated heterocycles. The summed E-state index contributed by atoms with van der Waals surface area (Å²) in [6.07, 6.45) is 0. The van der Waals surface area contributed by atoms with E-state index >= 15 is 0 Å². The van der Waals surface area contributed by atoms with Crippen molar-refractivity contribution >= 4 is 10.8 Å². The van der Waals surface area contributed by atoms with Gasteiger partial charge in [0.15, 0.2) is 0 Å². The molecular weight excluding hydrogens is 260 g/mol. The van der Waals surface area contributed by atoms with Crippen molar-refractivity contribution in [1.82, 2.24) is 20.1 Å². The Kier molecular flexibility index (Phi) is 3.71. The minimum Gasteiger partial charge on any atom is -0.311 e. The van der Waals surface area contributed by atoms with Gasteiger partial charge in [-0.1, -0.05) is 42.5 Å². The van der Waals surface area contributed by atoms with E-state index in [1.165, 1.54) is 16.3 Å². The number of hydrogen-bond donors (Lipinski definition) is 1. The van der Waals surface area contributed by atoms with Crippen LogP contribution in [0.5, 0.6) is 0 Å². The highest BCUT2D eigenvalue weighted by molar-refractivity contribution is 5.86. The summed E-state index contributed by atoms with van der Waals surface area (Å²) < 4.78 is 1.97. The molecule has 1 aromatic heterocycles. The van der Waals surface area contributed by atoms with Crippen molar-refractivity contribution in [3.8, 4) is 0 Å². The van der Waals surface area contributed by atoms with Crippen LogP contribution >= 0.6 is 0 Å². The molecule has 0 aliphatic rings. The number of fused-ring (bicyclic) bond motifs is 1. The Morgan fingerprint density at radius 1 is 1.10 bits per heavy atom. The van der Waals surface area contributed by atoms with Crippen LogP contribution in [-0.2, 0) is 6.54 Å². The lowest BCUT2D eigenvalue weighted by Crippen LogP contribution is -2.23. The van der Waals surface area contributed by atoms with Crippen molar-refractivity contribution < 1.29 is 0 Å². The van der Waals surface area contributed by atoms with E-state index in [4.69, 9.17) is 0 Å². The minimum atomic E-state index is 0.205. The van der Waals surface area contributed by atoms with Gasteiger partial charge in [-0.25, -0.2) is 9.67 Å². The number of aryl methyl sites for hydroxylation is 2. The first kappa shape index (κ1) is 13.8. The van der Waals surface area contributed by atoms with E-state index in [1.54, 1.807) is 0 Å². The number of aromatic nitrogens is 3. The number of likely N-dealkylation sites (N-methyl/N-ethyl adjacent to an activating group) is 1. The van der Waals surface area contributed by atoms with Crippen LogP contribution in [0.3, 0.4) is 0 Å². The Labute approximate surface area is 124 Å². The molecule has 0 aliphatic heterocycles. The number of nitrogens with one attached hydrogen (secondary N) is 1. The summed E-state index contributed by atoms with van der Waals surface area (Å²) >= 11 is 0. The largest absolute Gasteiger partial charge is 0.311 e. The molecular formula is C17H20N4. The summed E-state index contributed by atoms with van der Waals surface area (Å²) in [5, 5.41) is 10.4. The maximum atomic E-state index is 4.47. The van der Waals surface area contributed by atoms with E-state index in [0.29, 0.717) is 0 Å². The van der Waals surface area contributed by atoms with Crippen LogP contribution in [0, 0.1) is 13.8 Å². The Bertz CT molecular complexity index is 755. The molecule has 21 heavy (non-hydrogen) atoms. The van der Waals surface area contributed by atoms with Gasteiger partial charge in [0.25, 0.3) is 0 Å². The highest BCUT2D eigenvalue weighted by Crippen LogP contribution is 2.25. The second-order valence-corrected chi connectivity index (χ2v) is 5.30. The van der Waals surface area contributed by atoms with Crippen LogP contribution in [0.2, 0.25) is 0 Å². The van der Waals surface area contributed by atoms with E-state index in [-0.39, 0.29) is 6.04 Å². The van der Waals surface area contributed by atoms with Crippen molar-refractivity contribution in [3.63, 3.8) is 0 Å². The van der Waals surface area contributed by atoms with Crippen LogP contribution in [-0.4, -0.2) is 21.8 Å². The molecule has 3 rings (SSSR count). The molecule has 0 aliphatic carbocycles. The van der Waals surface area contributed by atoms with Crippen molar-refractivity contribution in [2.45, 2.75) is 26.4 Å². The van der Waals surface area contributed by atoms with E-state index in [1.807, 2.05) is 25.6 Å². The Hall–Kier alpha value is -2.20. The van der Waals surface area contributed by atoms with Gasteiger partial charge < -0.3 is 5.32 Å². The maximum absolute atomic E-state index is 4.47. The lowest BCUT2D eigenvalue weighted by Gasteiger charge is -2.19. The molecule has 4 nitrogen and oxygen atoms in total. The first-order valence-electron chi connectivity index (χ1n) is 7.22. The van der Waals surface area contributed by atoms with Crippen molar-refractivity contribution in [1.29, 1.82) is 0 Å². The molecule has 0 fully saturated rings. The zero-order valence-corrected chi connectivity index (χ0v) is 12.7. The monoisotopic (exact) mass is 280 g/mol. The van der Waals surface area contributed by atoms with Crippen LogP contribution in [0.1, 0.15) is 23.3 Å². The molecule has 2 aromatic carbocycles. The van der Waals surface area contributed by atoms with Gasteiger partial charge in [0.2, 0.25) is 0 Å². The van der Waals surface area contributed by atoms with Gasteiger partial charge in [-0.3, -0.25) is 0 Å². The van der Waals surface area contributed by atoms with E-state index in [0.717, 1.165) is 18.2 Å². The minimum absolute atomic E-state index is 0.205. The third-order valence-electron chi connectivity index (χ3n) is 3.87. The first-order valence-corrected chi connectivity index (χ1v) is 7.22. The average Bonchev–Trinajstić information content (AvgIpc) is 2.82. The molecule has 1 unspecified atom stereocenters. The molecule has 4 heteroatoms. The lowest BCUT2D eigenvalue weighted by molar-refractivity contribution is 0.461. The molecule has 0 amide bonds. The average molecular weight is 280 g/mol. The third-order valence-corrected chi connectivity index (χ3v) is 3.87. The second kappa shape index (κ2) is 5.66. The molecule has 1 heterocycles. The summed E-state index contributed by atoms with van der Waals surface area (Å²) in [4.78, 5) is 4.38. The van der Waals surface area contributed by atoms with Gasteiger partial charge in [-0.15, -0.1) is 0 Å². The van der Waals surface area contributed by atoms with Gasteiger partial charge in [0, 0.05) is 0 Å². The molecule has 3 aromatic rings. The molecule has 0 spiro atoms.